The second-order valence-corrected chi connectivity index (χ2v) is 7.53. The van der Waals surface area contributed by atoms with Crippen molar-refractivity contribution in [3.8, 4) is 0 Å². The van der Waals surface area contributed by atoms with E-state index < -0.39 is 0 Å². The second-order valence-electron chi connectivity index (χ2n) is 5.76. The molecule has 2 aliphatic rings. The van der Waals surface area contributed by atoms with Gasteiger partial charge in [-0.3, -0.25) is 4.79 Å². The maximum Gasteiger partial charge on any atom is 0.256 e. The molecule has 1 aromatic carbocycles. The first-order valence-corrected chi connectivity index (χ1v) is 8.93. The van der Waals surface area contributed by atoms with Crippen LogP contribution in [0.15, 0.2) is 27.1 Å². The minimum Gasteiger partial charge on any atom is -0.359 e. The smallest absolute Gasteiger partial charge is 0.256 e. The van der Waals surface area contributed by atoms with Gasteiger partial charge in [0.1, 0.15) is 0 Å². The Hall–Kier alpha value is -1.33. The number of hydrogen-bond acceptors (Lipinski definition) is 1. The molecule has 2 heterocycles. The van der Waals surface area contributed by atoms with Crippen molar-refractivity contribution in [3.63, 3.8) is 0 Å². The molecule has 0 radical (unpaired) electrons. The highest BCUT2D eigenvalue weighted by Gasteiger charge is 2.27. The Kier molecular flexibility index (Phi) is 3.50. The van der Waals surface area contributed by atoms with E-state index in [0.29, 0.717) is 5.57 Å². The number of aryl methyl sites for hydroxylation is 2. The molecule has 5 heteroatoms. The number of fused-ring (bicyclic) bond motifs is 2. The molecule has 0 saturated carbocycles. The van der Waals surface area contributed by atoms with Crippen LogP contribution in [-0.2, 0) is 17.6 Å². The van der Waals surface area contributed by atoms with Crippen LogP contribution in [0.25, 0.3) is 11.6 Å². The average molecular weight is 422 g/mol. The Morgan fingerprint density at radius 1 is 1.09 bits per heavy atom. The SMILES string of the molecule is O=C1Nc2c(Br)cc(Br)cc2C1=Cc1cc2c([nH]1)CCCC2. The summed E-state index contributed by atoms with van der Waals surface area (Å²) in [5.41, 5.74) is 6.21. The maximum absolute atomic E-state index is 12.3. The lowest BCUT2D eigenvalue weighted by atomic mass is 9.98. The highest BCUT2D eigenvalue weighted by molar-refractivity contribution is 9.11. The zero-order valence-electron chi connectivity index (χ0n) is 11.8. The zero-order chi connectivity index (χ0) is 15.3. The van der Waals surface area contributed by atoms with Gasteiger partial charge in [-0.15, -0.1) is 0 Å². The van der Waals surface area contributed by atoms with E-state index in [2.05, 4.69) is 48.2 Å². The minimum atomic E-state index is -0.0543. The summed E-state index contributed by atoms with van der Waals surface area (Å²) in [6.45, 7) is 0. The monoisotopic (exact) mass is 420 g/mol. The number of aromatic amines is 1. The fourth-order valence-electron chi connectivity index (χ4n) is 3.22. The molecule has 1 amide bonds. The van der Waals surface area contributed by atoms with Crippen LogP contribution in [0, 0.1) is 0 Å². The molecule has 112 valence electrons. The molecular formula is C17H14Br2N2O. The van der Waals surface area contributed by atoms with Crippen molar-refractivity contribution < 1.29 is 4.79 Å². The third kappa shape index (κ3) is 2.36. The second kappa shape index (κ2) is 5.39. The summed E-state index contributed by atoms with van der Waals surface area (Å²) < 4.78 is 1.84. The van der Waals surface area contributed by atoms with Crippen molar-refractivity contribution in [1.82, 2.24) is 4.98 Å². The van der Waals surface area contributed by atoms with Crippen LogP contribution in [-0.4, -0.2) is 10.9 Å². The van der Waals surface area contributed by atoms with Crippen LogP contribution in [0.2, 0.25) is 0 Å². The highest BCUT2D eigenvalue weighted by Crippen LogP contribution is 2.40. The molecule has 0 spiro atoms. The quantitative estimate of drug-likeness (QED) is 0.631. The number of halogens is 2. The fourth-order valence-corrected chi connectivity index (χ4v) is 4.55. The molecule has 1 aliphatic heterocycles. The van der Waals surface area contributed by atoms with Gasteiger partial charge in [0.2, 0.25) is 0 Å². The number of aromatic nitrogens is 1. The van der Waals surface area contributed by atoms with E-state index in [0.717, 1.165) is 38.7 Å². The van der Waals surface area contributed by atoms with Crippen LogP contribution in [0.3, 0.4) is 0 Å². The largest absolute Gasteiger partial charge is 0.359 e. The third-order valence-corrected chi connectivity index (χ3v) is 5.35. The lowest BCUT2D eigenvalue weighted by Gasteiger charge is -2.08. The first-order chi connectivity index (χ1) is 10.6. The van der Waals surface area contributed by atoms with Gasteiger partial charge in [0.05, 0.1) is 11.3 Å². The molecule has 22 heavy (non-hydrogen) atoms. The number of H-pyrrole nitrogens is 1. The van der Waals surface area contributed by atoms with Crippen LogP contribution in [0.4, 0.5) is 5.69 Å². The summed E-state index contributed by atoms with van der Waals surface area (Å²) >= 11 is 7.00. The van der Waals surface area contributed by atoms with Gasteiger partial charge in [-0.2, -0.15) is 0 Å². The molecule has 0 saturated heterocycles. The molecular weight excluding hydrogens is 408 g/mol. The molecule has 0 atom stereocenters. The summed E-state index contributed by atoms with van der Waals surface area (Å²) in [4.78, 5) is 15.8. The van der Waals surface area contributed by atoms with Crippen LogP contribution in [0.5, 0.6) is 0 Å². The number of benzene rings is 1. The predicted octanol–water partition coefficient (Wildman–Crippen LogP) is 4.91. The number of amides is 1. The fraction of sp³-hybridized carbons (Fsp3) is 0.235. The molecule has 2 aromatic rings. The van der Waals surface area contributed by atoms with Gasteiger partial charge in [0, 0.05) is 25.9 Å². The number of carbonyl (C=O) groups is 1. The van der Waals surface area contributed by atoms with Crippen molar-refractivity contribution in [2.45, 2.75) is 25.7 Å². The lowest BCUT2D eigenvalue weighted by Crippen LogP contribution is -2.03. The van der Waals surface area contributed by atoms with Crippen molar-refractivity contribution in [2.24, 2.45) is 0 Å². The van der Waals surface area contributed by atoms with Gasteiger partial charge in [0.25, 0.3) is 5.91 Å². The molecule has 0 unspecified atom stereocenters. The van der Waals surface area contributed by atoms with Crippen molar-refractivity contribution in [2.75, 3.05) is 5.32 Å². The van der Waals surface area contributed by atoms with E-state index >= 15 is 0 Å². The number of nitrogens with one attached hydrogen (secondary N) is 2. The normalized spacial score (nSPS) is 18.3. The van der Waals surface area contributed by atoms with Gasteiger partial charge < -0.3 is 10.3 Å². The molecule has 1 aromatic heterocycles. The Balaban J connectivity index is 1.80. The highest BCUT2D eigenvalue weighted by atomic mass is 79.9. The van der Waals surface area contributed by atoms with Crippen molar-refractivity contribution in [3.05, 3.63) is 49.7 Å². The van der Waals surface area contributed by atoms with E-state index in [9.17, 15) is 4.79 Å². The van der Waals surface area contributed by atoms with Gasteiger partial charge >= 0.3 is 0 Å². The lowest BCUT2D eigenvalue weighted by molar-refractivity contribution is -0.110. The van der Waals surface area contributed by atoms with Crippen molar-refractivity contribution >= 4 is 55.1 Å². The first-order valence-electron chi connectivity index (χ1n) is 7.35. The Labute approximate surface area is 145 Å². The minimum absolute atomic E-state index is 0.0543. The standard InChI is InChI=1S/C17H14Br2N2O/c18-10-6-12-13(17(22)21-16(12)14(19)7-10)8-11-5-9-3-1-2-4-15(9)20-11/h5-8,20H,1-4H2,(H,21,22). The maximum atomic E-state index is 12.3. The molecule has 2 N–H and O–H groups in total. The van der Waals surface area contributed by atoms with E-state index in [1.165, 1.54) is 24.1 Å². The van der Waals surface area contributed by atoms with Crippen LogP contribution in [0.1, 0.15) is 35.4 Å². The Morgan fingerprint density at radius 2 is 1.91 bits per heavy atom. The van der Waals surface area contributed by atoms with E-state index in [1.807, 2.05) is 18.2 Å². The molecule has 4 rings (SSSR count). The van der Waals surface area contributed by atoms with Crippen molar-refractivity contribution in [1.29, 1.82) is 0 Å². The third-order valence-electron chi connectivity index (χ3n) is 4.26. The molecule has 1 aliphatic carbocycles. The van der Waals surface area contributed by atoms with E-state index in [1.54, 1.807) is 0 Å². The van der Waals surface area contributed by atoms with Gasteiger partial charge in [-0.05, 0) is 71.5 Å². The van der Waals surface area contributed by atoms with Gasteiger partial charge in [-0.1, -0.05) is 15.9 Å². The van der Waals surface area contributed by atoms with Crippen LogP contribution >= 0.6 is 31.9 Å². The van der Waals surface area contributed by atoms with Crippen LogP contribution < -0.4 is 5.32 Å². The van der Waals surface area contributed by atoms with Gasteiger partial charge in [0.15, 0.2) is 0 Å². The molecule has 0 bridgehead atoms. The summed E-state index contributed by atoms with van der Waals surface area (Å²) in [7, 11) is 0. The van der Waals surface area contributed by atoms with E-state index in [-0.39, 0.29) is 5.91 Å². The Bertz CT molecular complexity index is 797. The molecule has 3 nitrogen and oxygen atoms in total. The molecule has 0 fully saturated rings. The Morgan fingerprint density at radius 3 is 2.73 bits per heavy atom. The summed E-state index contributed by atoms with van der Waals surface area (Å²) in [5.74, 6) is -0.0543. The number of anilines is 1. The van der Waals surface area contributed by atoms with E-state index in [4.69, 9.17) is 0 Å². The summed E-state index contributed by atoms with van der Waals surface area (Å²) in [5, 5.41) is 2.94. The first kappa shape index (κ1) is 14.3. The average Bonchev–Trinajstić information content (AvgIpc) is 3.02. The zero-order valence-corrected chi connectivity index (χ0v) is 15.0. The number of rotatable bonds is 1. The topological polar surface area (TPSA) is 44.9 Å². The summed E-state index contributed by atoms with van der Waals surface area (Å²) in [6, 6.07) is 6.10. The van der Waals surface area contributed by atoms with Gasteiger partial charge in [-0.25, -0.2) is 0 Å². The summed E-state index contributed by atoms with van der Waals surface area (Å²) in [6.07, 6.45) is 6.70. The predicted molar refractivity (Wildman–Crippen MR) is 95.8 cm³/mol. The number of hydrogen-bond donors (Lipinski definition) is 2. The number of carbonyl (C=O) groups excluding carboxylic acids is 1.